The lowest BCUT2D eigenvalue weighted by Crippen LogP contribution is -2.13. The lowest BCUT2D eigenvalue weighted by molar-refractivity contribution is 0.248. The van der Waals surface area contributed by atoms with Crippen LogP contribution in [-0.2, 0) is 6.42 Å². The molecule has 0 amide bonds. The van der Waals surface area contributed by atoms with Gasteiger partial charge in [-0.3, -0.25) is 5.21 Å². The van der Waals surface area contributed by atoms with Crippen LogP contribution in [0, 0.1) is 0 Å². The first-order valence-corrected chi connectivity index (χ1v) is 3.92. The topological polar surface area (TPSA) is 36.6 Å². The molecule has 3 nitrogen and oxygen atoms in total. The van der Waals surface area contributed by atoms with Crippen molar-refractivity contribution < 1.29 is 9.62 Å². The van der Waals surface area contributed by atoms with Crippen LogP contribution >= 0.6 is 11.6 Å². The van der Waals surface area contributed by atoms with Crippen molar-refractivity contribution in [1.82, 2.24) is 0 Å². The molecule has 0 saturated carbocycles. The predicted octanol–water partition coefficient (Wildman–Crippen LogP) is 2.23. The van der Waals surface area contributed by atoms with Crippen LogP contribution in [-0.4, -0.2) is 11.2 Å². The molecule has 4 heteroatoms. The molecular formula is C7H10ClNO2. The Morgan fingerprint density at radius 1 is 1.64 bits per heavy atom. The smallest absolute Gasteiger partial charge is 0.220 e. The lowest BCUT2D eigenvalue weighted by atomic mass is 10.4. The number of aryl methyl sites for hydroxylation is 1. The SMILES string of the molecule is CCc1ccc(N(O)CCl)o1. The Kier molecular flexibility index (Phi) is 2.79. The van der Waals surface area contributed by atoms with Gasteiger partial charge in [-0.1, -0.05) is 6.92 Å². The highest BCUT2D eigenvalue weighted by atomic mass is 35.5. The van der Waals surface area contributed by atoms with Gasteiger partial charge in [0, 0.05) is 12.5 Å². The van der Waals surface area contributed by atoms with E-state index in [9.17, 15) is 0 Å². The van der Waals surface area contributed by atoms with Gasteiger partial charge in [0.25, 0.3) is 0 Å². The molecule has 1 aromatic rings. The van der Waals surface area contributed by atoms with Gasteiger partial charge in [-0.05, 0) is 6.07 Å². The molecule has 62 valence electrons. The quantitative estimate of drug-likeness (QED) is 0.435. The van der Waals surface area contributed by atoms with E-state index < -0.39 is 0 Å². The van der Waals surface area contributed by atoms with Crippen molar-refractivity contribution in [2.45, 2.75) is 13.3 Å². The standard InChI is InChI=1S/C7H10ClNO2/c1-2-6-3-4-7(11-6)9(10)5-8/h3-4,10H,2,5H2,1H3. The zero-order chi connectivity index (χ0) is 8.27. The molecule has 0 aliphatic carbocycles. The molecule has 0 atom stereocenters. The second-order valence-corrected chi connectivity index (χ2v) is 2.35. The molecule has 0 unspecified atom stereocenters. The molecule has 0 bridgehead atoms. The Hall–Kier alpha value is -0.670. The van der Waals surface area contributed by atoms with Gasteiger partial charge in [-0.15, -0.1) is 11.6 Å². The molecule has 0 saturated heterocycles. The van der Waals surface area contributed by atoms with Gasteiger partial charge in [0.05, 0.1) is 0 Å². The zero-order valence-electron chi connectivity index (χ0n) is 6.25. The summed E-state index contributed by atoms with van der Waals surface area (Å²) in [5.74, 6) is 1.22. The minimum Gasteiger partial charge on any atom is -0.443 e. The maximum Gasteiger partial charge on any atom is 0.220 e. The van der Waals surface area contributed by atoms with Crippen LogP contribution in [0.5, 0.6) is 0 Å². The van der Waals surface area contributed by atoms with E-state index in [4.69, 9.17) is 21.2 Å². The number of anilines is 1. The lowest BCUT2D eigenvalue weighted by Gasteiger charge is -2.07. The van der Waals surface area contributed by atoms with Crippen LogP contribution in [0.25, 0.3) is 0 Å². The molecule has 0 aromatic carbocycles. The Morgan fingerprint density at radius 3 is 2.82 bits per heavy atom. The number of alkyl halides is 1. The summed E-state index contributed by atoms with van der Waals surface area (Å²) in [6, 6.07) is 3.50. The fourth-order valence-corrected chi connectivity index (χ4v) is 0.872. The summed E-state index contributed by atoms with van der Waals surface area (Å²) in [6.45, 7) is 1.98. The molecule has 0 aliphatic rings. The second-order valence-electron chi connectivity index (χ2n) is 2.11. The third-order valence-corrected chi connectivity index (χ3v) is 1.59. The van der Waals surface area contributed by atoms with Crippen LogP contribution in [0.1, 0.15) is 12.7 Å². The van der Waals surface area contributed by atoms with E-state index in [0.29, 0.717) is 5.88 Å². The molecule has 11 heavy (non-hydrogen) atoms. The fourth-order valence-electron chi connectivity index (χ4n) is 0.754. The third-order valence-electron chi connectivity index (χ3n) is 1.36. The molecule has 0 spiro atoms. The summed E-state index contributed by atoms with van der Waals surface area (Å²) in [6.07, 6.45) is 0.816. The summed E-state index contributed by atoms with van der Waals surface area (Å²) in [4.78, 5) is 0. The molecule has 0 fully saturated rings. The number of furan rings is 1. The number of hydrogen-bond acceptors (Lipinski definition) is 3. The average Bonchev–Trinajstić information content (AvgIpc) is 2.50. The van der Waals surface area contributed by atoms with Crippen LogP contribution < -0.4 is 5.06 Å². The summed E-state index contributed by atoms with van der Waals surface area (Å²) in [7, 11) is 0. The highest BCUT2D eigenvalue weighted by molar-refractivity contribution is 6.18. The van der Waals surface area contributed by atoms with Crippen LogP contribution in [0.4, 0.5) is 5.88 Å². The van der Waals surface area contributed by atoms with Crippen LogP contribution in [0.2, 0.25) is 0 Å². The maximum atomic E-state index is 9.05. The largest absolute Gasteiger partial charge is 0.443 e. The van der Waals surface area contributed by atoms with Gasteiger partial charge in [0.1, 0.15) is 11.8 Å². The van der Waals surface area contributed by atoms with Crippen molar-refractivity contribution >= 4 is 17.5 Å². The van der Waals surface area contributed by atoms with Crippen molar-refractivity contribution in [1.29, 1.82) is 0 Å². The van der Waals surface area contributed by atoms with Gasteiger partial charge >= 0.3 is 0 Å². The third kappa shape index (κ3) is 1.88. The highest BCUT2D eigenvalue weighted by Gasteiger charge is 2.05. The number of nitrogens with zero attached hydrogens (tertiary/aromatic N) is 1. The van der Waals surface area contributed by atoms with E-state index in [1.165, 1.54) is 0 Å². The van der Waals surface area contributed by atoms with Crippen molar-refractivity contribution in [2.24, 2.45) is 0 Å². The van der Waals surface area contributed by atoms with Gasteiger partial charge in [0.15, 0.2) is 0 Å². The molecular weight excluding hydrogens is 166 g/mol. The molecule has 1 aromatic heterocycles. The number of hydrogen-bond donors (Lipinski definition) is 1. The van der Waals surface area contributed by atoms with Gasteiger partial charge in [-0.25, -0.2) is 5.06 Å². The molecule has 1 N–H and O–H groups in total. The zero-order valence-corrected chi connectivity index (χ0v) is 7.01. The number of halogens is 1. The van der Waals surface area contributed by atoms with Gasteiger partial charge in [-0.2, -0.15) is 0 Å². The van der Waals surface area contributed by atoms with Gasteiger partial charge in [0.2, 0.25) is 5.88 Å². The van der Waals surface area contributed by atoms with Crippen molar-refractivity contribution in [3.63, 3.8) is 0 Å². The molecule has 0 radical (unpaired) electrons. The van der Waals surface area contributed by atoms with Crippen molar-refractivity contribution in [2.75, 3.05) is 11.1 Å². The summed E-state index contributed by atoms with van der Waals surface area (Å²) >= 11 is 5.35. The Labute approximate surface area is 70.1 Å². The van der Waals surface area contributed by atoms with E-state index in [2.05, 4.69) is 0 Å². The van der Waals surface area contributed by atoms with E-state index in [0.717, 1.165) is 17.2 Å². The second kappa shape index (κ2) is 3.64. The normalized spacial score (nSPS) is 10.1. The van der Waals surface area contributed by atoms with E-state index in [-0.39, 0.29) is 6.00 Å². The van der Waals surface area contributed by atoms with E-state index in [1.54, 1.807) is 6.07 Å². The summed E-state index contributed by atoms with van der Waals surface area (Å²) in [5.41, 5.74) is 0. The monoisotopic (exact) mass is 175 g/mol. The number of hydroxylamine groups is 1. The van der Waals surface area contributed by atoms with Crippen LogP contribution in [0.3, 0.4) is 0 Å². The summed E-state index contributed by atoms with van der Waals surface area (Å²) in [5, 5.41) is 9.89. The van der Waals surface area contributed by atoms with E-state index >= 15 is 0 Å². The first kappa shape index (κ1) is 8.43. The predicted molar refractivity (Wildman–Crippen MR) is 43.1 cm³/mol. The van der Waals surface area contributed by atoms with E-state index in [1.807, 2.05) is 13.0 Å². The molecule has 1 heterocycles. The Morgan fingerprint density at radius 2 is 2.36 bits per heavy atom. The van der Waals surface area contributed by atoms with Crippen molar-refractivity contribution in [3.8, 4) is 0 Å². The number of rotatable bonds is 3. The average molecular weight is 176 g/mol. The minimum atomic E-state index is 0.0106. The van der Waals surface area contributed by atoms with Crippen LogP contribution in [0.15, 0.2) is 16.5 Å². The molecule has 1 rings (SSSR count). The Balaban J connectivity index is 2.71. The highest BCUT2D eigenvalue weighted by Crippen LogP contribution is 2.17. The molecule has 0 aliphatic heterocycles. The minimum absolute atomic E-state index is 0.0106. The van der Waals surface area contributed by atoms with Crippen molar-refractivity contribution in [3.05, 3.63) is 17.9 Å². The van der Waals surface area contributed by atoms with Gasteiger partial charge < -0.3 is 4.42 Å². The maximum absolute atomic E-state index is 9.05. The first-order chi connectivity index (χ1) is 5.27. The fraction of sp³-hybridized carbons (Fsp3) is 0.429. The summed E-state index contributed by atoms with van der Waals surface area (Å²) < 4.78 is 5.18. The first-order valence-electron chi connectivity index (χ1n) is 3.39. The Bertz CT molecular complexity index is 224.